The maximum atomic E-state index is 12.3. The van der Waals surface area contributed by atoms with Crippen LogP contribution in [0.25, 0.3) is 0 Å². The Labute approximate surface area is 155 Å². The zero-order valence-corrected chi connectivity index (χ0v) is 15.8. The van der Waals surface area contributed by atoms with Crippen LogP contribution in [0.5, 0.6) is 5.75 Å². The molecule has 0 aliphatic carbocycles. The van der Waals surface area contributed by atoms with Crippen molar-refractivity contribution in [2.75, 3.05) is 26.4 Å². The third kappa shape index (κ3) is 5.77. The molecule has 0 saturated carbocycles. The number of likely N-dealkylation sites (N-methyl/N-ethyl adjacent to an activating group) is 1. The van der Waals surface area contributed by atoms with E-state index in [2.05, 4.69) is 17.1 Å². The summed E-state index contributed by atoms with van der Waals surface area (Å²) >= 11 is 0. The Bertz CT molecular complexity index is 716. The lowest BCUT2D eigenvalue weighted by molar-refractivity contribution is -0.121. The highest BCUT2D eigenvalue weighted by Gasteiger charge is 2.16. The second-order valence-electron chi connectivity index (χ2n) is 7.03. The lowest BCUT2D eigenvalue weighted by atomic mass is 9.97. The van der Waals surface area contributed by atoms with Crippen LogP contribution >= 0.6 is 0 Å². The molecule has 140 valence electrons. The first-order valence-corrected chi connectivity index (χ1v) is 8.92. The molecule has 2 aromatic carbocycles. The SMILES string of the molecule is C[C@@H](CC(=O)NCC(Cc1ccc(N)c(O)c1)N(C)C)c1ccccc1. The highest BCUT2D eigenvalue weighted by atomic mass is 16.3. The maximum absolute atomic E-state index is 12.3. The van der Waals surface area contributed by atoms with E-state index >= 15 is 0 Å². The minimum Gasteiger partial charge on any atom is -0.506 e. The lowest BCUT2D eigenvalue weighted by Gasteiger charge is -2.25. The fourth-order valence-corrected chi connectivity index (χ4v) is 2.91. The van der Waals surface area contributed by atoms with Gasteiger partial charge in [-0.2, -0.15) is 0 Å². The number of amides is 1. The summed E-state index contributed by atoms with van der Waals surface area (Å²) in [7, 11) is 3.97. The van der Waals surface area contributed by atoms with Gasteiger partial charge in [0.1, 0.15) is 5.75 Å². The maximum Gasteiger partial charge on any atom is 0.220 e. The Kier molecular flexibility index (Phi) is 7.04. The van der Waals surface area contributed by atoms with Gasteiger partial charge in [0.15, 0.2) is 0 Å². The van der Waals surface area contributed by atoms with Gasteiger partial charge in [-0.25, -0.2) is 0 Å². The molecule has 0 saturated heterocycles. The topological polar surface area (TPSA) is 78.6 Å². The number of carbonyl (C=O) groups is 1. The minimum atomic E-state index is 0.0494. The first kappa shape index (κ1) is 19.8. The Hall–Kier alpha value is -2.53. The molecule has 2 aromatic rings. The molecule has 5 nitrogen and oxygen atoms in total. The number of hydrogen-bond donors (Lipinski definition) is 3. The van der Waals surface area contributed by atoms with Gasteiger partial charge in [0.25, 0.3) is 0 Å². The third-order valence-corrected chi connectivity index (χ3v) is 4.69. The zero-order chi connectivity index (χ0) is 19.1. The molecule has 4 N–H and O–H groups in total. The Morgan fingerprint density at radius 2 is 1.88 bits per heavy atom. The van der Waals surface area contributed by atoms with Crippen molar-refractivity contribution in [3.8, 4) is 5.75 Å². The van der Waals surface area contributed by atoms with E-state index in [0.29, 0.717) is 18.7 Å². The molecule has 26 heavy (non-hydrogen) atoms. The molecular formula is C21H29N3O2. The summed E-state index contributed by atoms with van der Waals surface area (Å²) in [6, 6.07) is 15.5. The average Bonchev–Trinajstić information content (AvgIpc) is 2.62. The molecular weight excluding hydrogens is 326 g/mol. The number of nitrogen functional groups attached to an aromatic ring is 1. The molecule has 0 bridgehead atoms. The van der Waals surface area contributed by atoms with Crippen LogP contribution in [0.15, 0.2) is 48.5 Å². The van der Waals surface area contributed by atoms with Gasteiger partial charge in [-0.05, 0) is 49.7 Å². The zero-order valence-electron chi connectivity index (χ0n) is 15.8. The van der Waals surface area contributed by atoms with E-state index in [9.17, 15) is 9.90 Å². The second-order valence-corrected chi connectivity index (χ2v) is 7.03. The van der Waals surface area contributed by atoms with Gasteiger partial charge in [0, 0.05) is 19.0 Å². The Morgan fingerprint density at radius 3 is 2.50 bits per heavy atom. The standard InChI is InChI=1S/C21H29N3O2/c1-15(17-7-5-4-6-8-17)11-21(26)23-14-18(24(2)3)12-16-9-10-19(22)20(25)13-16/h4-10,13,15,18,25H,11-12,14,22H2,1-3H3,(H,23,26)/t15-,18?/m0/s1. The van der Waals surface area contributed by atoms with Crippen molar-refractivity contribution in [1.82, 2.24) is 10.2 Å². The fourth-order valence-electron chi connectivity index (χ4n) is 2.91. The highest BCUT2D eigenvalue weighted by molar-refractivity contribution is 5.76. The number of nitrogens with zero attached hydrogens (tertiary/aromatic N) is 1. The number of phenols is 1. The molecule has 0 heterocycles. The number of benzene rings is 2. The van der Waals surface area contributed by atoms with Crippen molar-refractivity contribution in [2.24, 2.45) is 0 Å². The highest BCUT2D eigenvalue weighted by Crippen LogP contribution is 2.22. The van der Waals surface area contributed by atoms with Gasteiger partial charge in [-0.3, -0.25) is 4.79 Å². The van der Waals surface area contributed by atoms with Crippen molar-refractivity contribution in [2.45, 2.75) is 31.7 Å². The second kappa shape index (κ2) is 9.25. The predicted octanol–water partition coefficient (Wildman–Crippen LogP) is 2.76. The molecule has 2 atom stereocenters. The molecule has 0 spiro atoms. The monoisotopic (exact) mass is 355 g/mol. The number of carbonyl (C=O) groups excluding carboxylic acids is 1. The first-order valence-electron chi connectivity index (χ1n) is 8.92. The lowest BCUT2D eigenvalue weighted by Crippen LogP contribution is -2.41. The predicted molar refractivity (Wildman–Crippen MR) is 106 cm³/mol. The van der Waals surface area contributed by atoms with E-state index < -0.39 is 0 Å². The van der Waals surface area contributed by atoms with E-state index in [1.165, 1.54) is 5.56 Å². The van der Waals surface area contributed by atoms with Crippen molar-refractivity contribution < 1.29 is 9.90 Å². The number of aromatic hydroxyl groups is 1. The Morgan fingerprint density at radius 1 is 1.19 bits per heavy atom. The molecule has 0 fully saturated rings. The molecule has 0 aliphatic rings. The van der Waals surface area contributed by atoms with Crippen LogP contribution in [0, 0.1) is 0 Å². The number of rotatable bonds is 8. The molecule has 0 aromatic heterocycles. The van der Waals surface area contributed by atoms with Gasteiger partial charge >= 0.3 is 0 Å². The first-order chi connectivity index (χ1) is 12.4. The van der Waals surface area contributed by atoms with Gasteiger partial charge in [-0.15, -0.1) is 0 Å². The fraction of sp³-hybridized carbons (Fsp3) is 0.381. The van der Waals surface area contributed by atoms with E-state index in [1.807, 2.05) is 50.5 Å². The van der Waals surface area contributed by atoms with Crippen LogP contribution < -0.4 is 11.1 Å². The largest absolute Gasteiger partial charge is 0.506 e. The molecule has 2 rings (SSSR count). The summed E-state index contributed by atoms with van der Waals surface area (Å²) in [6.45, 7) is 2.62. The summed E-state index contributed by atoms with van der Waals surface area (Å²) in [5.74, 6) is 0.331. The van der Waals surface area contributed by atoms with Crippen LogP contribution in [0.1, 0.15) is 30.4 Å². The molecule has 0 radical (unpaired) electrons. The smallest absolute Gasteiger partial charge is 0.220 e. The van der Waals surface area contributed by atoms with E-state index in [1.54, 1.807) is 12.1 Å². The van der Waals surface area contributed by atoms with E-state index in [-0.39, 0.29) is 23.6 Å². The van der Waals surface area contributed by atoms with Crippen molar-refractivity contribution in [3.05, 3.63) is 59.7 Å². The van der Waals surface area contributed by atoms with Gasteiger partial charge in [-0.1, -0.05) is 43.3 Å². The van der Waals surface area contributed by atoms with Crippen LogP contribution in [0.3, 0.4) is 0 Å². The molecule has 0 aliphatic heterocycles. The van der Waals surface area contributed by atoms with Crippen LogP contribution in [0.2, 0.25) is 0 Å². The Balaban J connectivity index is 1.89. The van der Waals surface area contributed by atoms with Crippen molar-refractivity contribution >= 4 is 11.6 Å². The number of hydrogen-bond acceptors (Lipinski definition) is 4. The van der Waals surface area contributed by atoms with Crippen LogP contribution in [-0.2, 0) is 11.2 Å². The van der Waals surface area contributed by atoms with Gasteiger partial charge < -0.3 is 21.1 Å². The summed E-state index contributed by atoms with van der Waals surface area (Å²) in [5.41, 5.74) is 8.19. The number of nitrogens with two attached hydrogens (primary N) is 1. The molecule has 1 unspecified atom stereocenters. The quantitative estimate of drug-likeness (QED) is 0.502. The number of phenolic OH excluding ortho intramolecular Hbond substituents is 1. The van der Waals surface area contributed by atoms with Crippen molar-refractivity contribution in [3.63, 3.8) is 0 Å². The van der Waals surface area contributed by atoms with Gasteiger partial charge in [0.05, 0.1) is 5.69 Å². The molecule has 5 heteroatoms. The van der Waals surface area contributed by atoms with Crippen molar-refractivity contribution in [1.29, 1.82) is 0 Å². The van der Waals surface area contributed by atoms with E-state index in [4.69, 9.17) is 5.73 Å². The summed E-state index contributed by atoms with van der Waals surface area (Å²) in [6.07, 6.45) is 1.18. The van der Waals surface area contributed by atoms with E-state index in [0.717, 1.165) is 12.0 Å². The average molecular weight is 355 g/mol. The summed E-state index contributed by atoms with van der Waals surface area (Å²) in [4.78, 5) is 14.4. The summed E-state index contributed by atoms with van der Waals surface area (Å²) < 4.78 is 0. The van der Waals surface area contributed by atoms with Crippen LogP contribution in [-0.4, -0.2) is 42.6 Å². The summed E-state index contributed by atoms with van der Waals surface area (Å²) in [5, 5.41) is 12.8. The molecule has 1 amide bonds. The third-order valence-electron chi connectivity index (χ3n) is 4.69. The number of nitrogens with one attached hydrogen (secondary N) is 1. The normalized spacial score (nSPS) is 13.4. The van der Waals surface area contributed by atoms with Crippen LogP contribution in [0.4, 0.5) is 5.69 Å². The van der Waals surface area contributed by atoms with Gasteiger partial charge in [0.2, 0.25) is 5.91 Å². The minimum absolute atomic E-state index is 0.0494. The number of anilines is 1.